The van der Waals surface area contributed by atoms with Crippen molar-refractivity contribution < 1.29 is 24.6 Å². The van der Waals surface area contributed by atoms with E-state index < -0.39 is 11.9 Å². The maximum Gasteiger partial charge on any atom is 0.303 e. The number of unbranched alkanes of at least 4 members (excludes halogenated alkanes) is 2. The number of aromatic nitrogens is 2. The number of hydrogen-bond acceptors (Lipinski definition) is 9. The minimum Gasteiger partial charge on any atom is -0.481 e. The smallest absolute Gasteiger partial charge is 0.303 e. The number of thiophene rings is 3. The Morgan fingerprint density at radius 2 is 1.66 bits per heavy atom. The Labute approximate surface area is 253 Å². The van der Waals surface area contributed by atoms with Gasteiger partial charge in [0, 0.05) is 38.8 Å². The van der Waals surface area contributed by atoms with Crippen molar-refractivity contribution in [2.24, 2.45) is 5.73 Å². The molecule has 9 nitrogen and oxygen atoms in total. The maximum atomic E-state index is 12.5. The fourth-order valence-corrected chi connectivity index (χ4v) is 7.27. The molecule has 4 aromatic rings. The van der Waals surface area contributed by atoms with E-state index in [0.29, 0.717) is 15.6 Å². The summed E-state index contributed by atoms with van der Waals surface area (Å²) in [6.07, 6.45) is 4.21. The summed E-state index contributed by atoms with van der Waals surface area (Å²) in [5.74, 6) is -1.36. The Hall–Kier alpha value is -3.26. The number of primary amides is 1. The number of rotatable bonds is 14. The predicted octanol–water partition coefficient (Wildman–Crippen LogP) is 6.53. The summed E-state index contributed by atoms with van der Waals surface area (Å²) >= 11 is 6.45. The number of carbonyl (C=O) groups is 3. The minimum atomic E-state index is -0.948. The topological polar surface area (TPSA) is 163 Å². The van der Waals surface area contributed by atoms with Crippen LogP contribution in [0, 0.1) is 6.92 Å². The van der Waals surface area contributed by atoms with Gasteiger partial charge < -0.3 is 20.9 Å². The van der Waals surface area contributed by atoms with Crippen molar-refractivity contribution in [3.8, 4) is 20.3 Å². The van der Waals surface area contributed by atoms with Gasteiger partial charge in [-0.15, -0.1) is 34.0 Å². The number of hydrogen-bond donors (Lipinski definition) is 4. The fraction of sp³-hybridized carbons (Fsp3) is 0.321. The molecule has 4 aromatic heterocycles. The zero-order valence-corrected chi connectivity index (χ0v) is 25.6. The van der Waals surface area contributed by atoms with E-state index in [-0.39, 0.29) is 30.7 Å². The van der Waals surface area contributed by atoms with Crippen LogP contribution >= 0.6 is 45.8 Å². The second-order valence-corrected chi connectivity index (χ2v) is 13.2. The van der Waals surface area contributed by atoms with Crippen molar-refractivity contribution in [1.82, 2.24) is 9.97 Å². The van der Waals surface area contributed by atoms with Gasteiger partial charge in [0.25, 0.3) is 11.5 Å². The molecule has 0 saturated carbocycles. The molecule has 0 spiro atoms. The van der Waals surface area contributed by atoms with Crippen LogP contribution in [0.15, 0.2) is 51.7 Å². The van der Waals surface area contributed by atoms with E-state index in [1.165, 1.54) is 26.0 Å². The molecule has 0 bridgehead atoms. The van der Waals surface area contributed by atoms with Crippen molar-refractivity contribution >= 4 is 63.6 Å². The SMILES string of the molecule is Cc1c(-c2ccc(-c3cccs3)s2)nc(SCCCCCc2ccc(C(N)=O)s2)[nH]c1=O.O=C(O)CCCC(=O)O. The Morgan fingerprint density at radius 1 is 0.927 bits per heavy atom. The lowest BCUT2D eigenvalue weighted by Gasteiger charge is -2.06. The Bertz CT molecular complexity index is 1490. The third-order valence-corrected chi connectivity index (χ3v) is 10.0. The number of nitrogens with zero attached hydrogens (tertiary/aromatic N) is 1. The van der Waals surface area contributed by atoms with Gasteiger partial charge in [-0.1, -0.05) is 24.2 Å². The van der Waals surface area contributed by atoms with E-state index in [9.17, 15) is 19.2 Å². The van der Waals surface area contributed by atoms with Crippen molar-refractivity contribution in [2.45, 2.75) is 57.0 Å². The van der Waals surface area contributed by atoms with Crippen LogP contribution in [-0.2, 0) is 16.0 Å². The van der Waals surface area contributed by atoms with Gasteiger partial charge in [-0.3, -0.25) is 19.2 Å². The van der Waals surface area contributed by atoms with Crippen molar-refractivity contribution in [1.29, 1.82) is 0 Å². The summed E-state index contributed by atoms with van der Waals surface area (Å²) in [5, 5.41) is 18.8. The number of amides is 1. The number of H-pyrrole nitrogens is 1. The first-order chi connectivity index (χ1) is 19.6. The van der Waals surface area contributed by atoms with Crippen LogP contribution in [-0.4, -0.2) is 43.8 Å². The van der Waals surface area contributed by atoms with Crippen LogP contribution in [0.5, 0.6) is 0 Å². The fourth-order valence-electron chi connectivity index (χ4n) is 3.62. The number of aromatic amines is 1. The summed E-state index contributed by atoms with van der Waals surface area (Å²) in [6, 6.07) is 12.1. The molecular formula is C28H31N3O6S4. The molecule has 0 aromatic carbocycles. The van der Waals surface area contributed by atoms with Crippen LogP contribution in [0.25, 0.3) is 20.3 Å². The number of nitrogens with two attached hydrogens (primary N) is 1. The maximum absolute atomic E-state index is 12.5. The van der Waals surface area contributed by atoms with E-state index in [2.05, 4.69) is 28.6 Å². The summed E-state index contributed by atoms with van der Waals surface area (Å²) in [7, 11) is 0. The lowest BCUT2D eigenvalue weighted by Crippen LogP contribution is -2.13. The normalized spacial score (nSPS) is 10.7. The van der Waals surface area contributed by atoms with Crippen LogP contribution in [0.2, 0.25) is 0 Å². The predicted molar refractivity (Wildman–Crippen MR) is 166 cm³/mol. The molecule has 0 atom stereocenters. The van der Waals surface area contributed by atoms with E-state index in [1.807, 2.05) is 19.1 Å². The number of nitrogens with one attached hydrogen (secondary N) is 1. The van der Waals surface area contributed by atoms with E-state index in [0.717, 1.165) is 42.0 Å². The zero-order chi connectivity index (χ0) is 29.8. The highest BCUT2D eigenvalue weighted by Crippen LogP contribution is 2.36. The number of carbonyl (C=O) groups excluding carboxylic acids is 1. The van der Waals surface area contributed by atoms with Crippen LogP contribution in [0.4, 0.5) is 0 Å². The van der Waals surface area contributed by atoms with E-state index in [4.69, 9.17) is 20.9 Å². The van der Waals surface area contributed by atoms with Crippen LogP contribution in [0.1, 0.15) is 58.6 Å². The first kappa shape index (κ1) is 32.3. The first-order valence-electron chi connectivity index (χ1n) is 12.8. The molecule has 0 saturated heterocycles. The second kappa shape index (κ2) is 16.2. The van der Waals surface area contributed by atoms with Gasteiger partial charge in [0.05, 0.1) is 15.4 Å². The summed E-state index contributed by atoms with van der Waals surface area (Å²) in [5.41, 5.74) is 6.65. The molecule has 41 heavy (non-hydrogen) atoms. The molecule has 0 fully saturated rings. The minimum absolute atomic E-state index is 0.0632. The van der Waals surface area contributed by atoms with Crippen molar-refractivity contribution in [3.63, 3.8) is 0 Å². The van der Waals surface area contributed by atoms with Gasteiger partial charge in [-0.2, -0.15) is 0 Å². The van der Waals surface area contributed by atoms with E-state index >= 15 is 0 Å². The molecular weight excluding hydrogens is 603 g/mol. The third-order valence-electron chi connectivity index (χ3n) is 5.73. The Balaban J connectivity index is 0.000000445. The molecule has 0 aliphatic carbocycles. The number of aryl methyl sites for hydroxylation is 1. The highest BCUT2D eigenvalue weighted by Gasteiger charge is 2.14. The lowest BCUT2D eigenvalue weighted by molar-refractivity contribution is -0.138. The highest BCUT2D eigenvalue weighted by molar-refractivity contribution is 7.99. The number of carboxylic acid groups (broad SMARTS) is 2. The second-order valence-electron chi connectivity index (χ2n) is 8.92. The molecule has 1 amide bonds. The van der Waals surface area contributed by atoms with Crippen LogP contribution < -0.4 is 11.3 Å². The monoisotopic (exact) mass is 633 g/mol. The largest absolute Gasteiger partial charge is 0.481 e. The summed E-state index contributed by atoms with van der Waals surface area (Å²) < 4.78 is 0. The average Bonchev–Trinajstić information content (AvgIpc) is 3.70. The van der Waals surface area contributed by atoms with Crippen LogP contribution in [0.3, 0.4) is 0 Å². The molecule has 0 radical (unpaired) electrons. The van der Waals surface area contributed by atoms with Gasteiger partial charge in [-0.05, 0) is 68.3 Å². The molecule has 218 valence electrons. The van der Waals surface area contributed by atoms with Gasteiger partial charge in [0.1, 0.15) is 0 Å². The molecule has 5 N–H and O–H groups in total. The standard InChI is InChI=1S/C23H23N3O2S4.C5H8O4/c1-14-20(18-11-10-17(32-18)16-7-5-13-29-16)25-23(26-22(14)28)30-12-4-2-3-6-15-8-9-19(31-15)21(24)27;6-4(7)2-1-3-5(8)9/h5,7-11,13H,2-4,6,12H2,1H3,(H2,24,27)(H,25,26,28);1-3H2,(H,6,7)(H,8,9). The summed E-state index contributed by atoms with van der Waals surface area (Å²) in [6.45, 7) is 1.83. The van der Waals surface area contributed by atoms with E-state index in [1.54, 1.807) is 40.5 Å². The molecule has 4 rings (SSSR count). The molecule has 4 heterocycles. The third kappa shape index (κ3) is 10.6. The average molecular weight is 634 g/mol. The van der Waals surface area contributed by atoms with Crippen molar-refractivity contribution in [2.75, 3.05) is 5.75 Å². The molecule has 0 aliphatic rings. The summed E-state index contributed by atoms with van der Waals surface area (Å²) in [4.78, 5) is 56.2. The molecule has 0 unspecified atom stereocenters. The molecule has 0 aliphatic heterocycles. The van der Waals surface area contributed by atoms with Crippen molar-refractivity contribution in [3.05, 3.63) is 67.4 Å². The quantitative estimate of drug-likeness (QED) is 0.0692. The molecule has 13 heteroatoms. The Kier molecular flexibility index (Phi) is 12.8. The zero-order valence-electron chi connectivity index (χ0n) is 22.4. The highest BCUT2D eigenvalue weighted by atomic mass is 32.2. The lowest BCUT2D eigenvalue weighted by atomic mass is 10.2. The van der Waals surface area contributed by atoms with Gasteiger partial charge in [0.2, 0.25) is 0 Å². The number of thioether (sulfide) groups is 1. The van der Waals surface area contributed by atoms with Gasteiger partial charge in [0.15, 0.2) is 5.16 Å². The number of aliphatic carboxylic acids is 2. The number of carboxylic acids is 2. The first-order valence-corrected chi connectivity index (χ1v) is 16.3. The van der Waals surface area contributed by atoms with Gasteiger partial charge in [-0.25, -0.2) is 4.98 Å². The van der Waals surface area contributed by atoms with Gasteiger partial charge >= 0.3 is 11.9 Å². The Morgan fingerprint density at radius 3 is 2.29 bits per heavy atom.